The van der Waals surface area contributed by atoms with Crippen LogP contribution in [0.2, 0.25) is 0 Å². The first kappa shape index (κ1) is 18.8. The number of hydrazine groups is 1. The van der Waals surface area contributed by atoms with E-state index < -0.39 is 15.8 Å². The van der Waals surface area contributed by atoms with Gasteiger partial charge in [0.1, 0.15) is 10.7 Å². The van der Waals surface area contributed by atoms with Gasteiger partial charge < -0.3 is 4.90 Å². The molecule has 4 rings (SSSR count). The second-order valence-corrected chi connectivity index (χ2v) is 9.41. The molecule has 0 bridgehead atoms. The molecule has 1 saturated carbocycles. The number of fused-ring (bicyclic) bond motifs is 1. The molecule has 3 unspecified atom stereocenters. The molecule has 27 heavy (non-hydrogen) atoms. The van der Waals surface area contributed by atoms with E-state index in [1.807, 2.05) is 0 Å². The van der Waals surface area contributed by atoms with Gasteiger partial charge in [-0.2, -0.15) is 4.31 Å². The fraction of sp³-hybridized carbons (Fsp3) is 0.611. The van der Waals surface area contributed by atoms with Gasteiger partial charge in [-0.1, -0.05) is 18.6 Å². The van der Waals surface area contributed by atoms with Crippen molar-refractivity contribution in [2.24, 2.45) is 11.8 Å². The first-order valence-corrected chi connectivity index (χ1v) is 10.9. The third-order valence-corrected chi connectivity index (χ3v) is 7.92. The zero-order valence-corrected chi connectivity index (χ0v) is 15.9. The Bertz CT molecular complexity index is 811. The van der Waals surface area contributed by atoms with Gasteiger partial charge >= 0.3 is 0 Å². The molecule has 1 amide bonds. The van der Waals surface area contributed by atoms with Crippen molar-refractivity contribution in [1.82, 2.24) is 20.1 Å². The summed E-state index contributed by atoms with van der Waals surface area (Å²) in [5.74, 6) is -0.225. The maximum atomic E-state index is 13.9. The molecule has 1 aromatic rings. The van der Waals surface area contributed by atoms with Crippen molar-refractivity contribution in [3.05, 3.63) is 30.1 Å². The molecular weight excluding hydrogens is 371 g/mol. The number of nitrogens with one attached hydrogen (secondary N) is 2. The van der Waals surface area contributed by atoms with Crippen molar-refractivity contribution in [3.8, 4) is 0 Å². The van der Waals surface area contributed by atoms with E-state index >= 15 is 0 Å². The molecule has 3 fully saturated rings. The van der Waals surface area contributed by atoms with Gasteiger partial charge in [-0.3, -0.25) is 15.6 Å². The number of halogens is 1. The maximum absolute atomic E-state index is 13.9. The minimum absolute atomic E-state index is 0.0616. The van der Waals surface area contributed by atoms with Crippen LogP contribution in [0.4, 0.5) is 4.39 Å². The number of hydrogen-bond acceptors (Lipinski definition) is 5. The highest BCUT2D eigenvalue weighted by Gasteiger charge is 2.42. The highest BCUT2D eigenvalue weighted by atomic mass is 32.2. The van der Waals surface area contributed by atoms with Crippen LogP contribution in [-0.2, 0) is 14.8 Å². The predicted octanol–water partition coefficient (Wildman–Crippen LogP) is 0.551. The standard InChI is InChI=1S/C18H25FN4O3S/c19-15-6-1-2-7-16(15)27(25,26)23-10-8-22(9-11-23)18(24)14-5-3-4-13-12-20-21-17(13)14/h1-2,6-7,13-14,17,20-21H,3-5,8-12H2. The number of benzene rings is 1. The molecule has 1 aromatic carbocycles. The van der Waals surface area contributed by atoms with Crippen molar-refractivity contribution in [3.63, 3.8) is 0 Å². The van der Waals surface area contributed by atoms with Crippen LogP contribution in [-0.4, -0.2) is 62.3 Å². The minimum Gasteiger partial charge on any atom is -0.340 e. The van der Waals surface area contributed by atoms with E-state index in [2.05, 4.69) is 10.9 Å². The highest BCUT2D eigenvalue weighted by Crippen LogP contribution is 2.33. The summed E-state index contributed by atoms with van der Waals surface area (Å²) in [6, 6.07) is 5.57. The number of carbonyl (C=O) groups is 1. The molecule has 3 aliphatic rings. The van der Waals surface area contributed by atoms with E-state index in [1.165, 1.54) is 22.5 Å². The molecule has 7 nitrogen and oxygen atoms in total. The van der Waals surface area contributed by atoms with Gasteiger partial charge in [0.05, 0.1) is 5.92 Å². The van der Waals surface area contributed by atoms with Crippen LogP contribution in [0.1, 0.15) is 19.3 Å². The lowest BCUT2D eigenvalue weighted by Crippen LogP contribution is -2.55. The van der Waals surface area contributed by atoms with Crippen LogP contribution < -0.4 is 10.9 Å². The Morgan fingerprint density at radius 3 is 2.59 bits per heavy atom. The Hall–Kier alpha value is -1.55. The molecule has 2 saturated heterocycles. The Morgan fingerprint density at radius 1 is 1.11 bits per heavy atom. The number of nitrogens with zero attached hydrogens (tertiary/aromatic N) is 2. The second-order valence-electron chi connectivity index (χ2n) is 7.51. The van der Waals surface area contributed by atoms with E-state index in [0.29, 0.717) is 19.0 Å². The van der Waals surface area contributed by atoms with Gasteiger partial charge in [-0.05, 0) is 30.9 Å². The molecular formula is C18H25FN4O3S. The summed E-state index contributed by atoms with van der Waals surface area (Å²) >= 11 is 0. The molecule has 9 heteroatoms. The first-order valence-electron chi connectivity index (χ1n) is 9.50. The van der Waals surface area contributed by atoms with Crippen LogP contribution in [0.25, 0.3) is 0 Å². The summed E-state index contributed by atoms with van der Waals surface area (Å²) in [5, 5.41) is 0. The summed E-state index contributed by atoms with van der Waals surface area (Å²) in [5.41, 5.74) is 6.40. The first-order chi connectivity index (χ1) is 13.0. The zero-order valence-electron chi connectivity index (χ0n) is 15.1. The van der Waals surface area contributed by atoms with Gasteiger partial charge in [-0.15, -0.1) is 0 Å². The minimum atomic E-state index is -3.88. The van der Waals surface area contributed by atoms with Gasteiger partial charge in [0, 0.05) is 38.8 Å². The Kier molecular flexibility index (Phi) is 5.19. The monoisotopic (exact) mass is 396 g/mol. The average molecular weight is 396 g/mol. The van der Waals surface area contributed by atoms with E-state index in [1.54, 1.807) is 4.90 Å². The largest absolute Gasteiger partial charge is 0.340 e. The molecule has 0 spiro atoms. The predicted molar refractivity (Wildman–Crippen MR) is 97.5 cm³/mol. The molecule has 1 aliphatic carbocycles. The molecule has 2 heterocycles. The average Bonchev–Trinajstić information content (AvgIpc) is 3.16. The lowest BCUT2D eigenvalue weighted by Gasteiger charge is -2.39. The number of sulfonamides is 1. The fourth-order valence-electron chi connectivity index (χ4n) is 4.50. The molecule has 2 aliphatic heterocycles. The zero-order chi connectivity index (χ0) is 19.0. The molecule has 2 N–H and O–H groups in total. The maximum Gasteiger partial charge on any atom is 0.246 e. The van der Waals surface area contributed by atoms with Crippen molar-refractivity contribution < 1.29 is 17.6 Å². The van der Waals surface area contributed by atoms with E-state index in [4.69, 9.17) is 0 Å². The van der Waals surface area contributed by atoms with Gasteiger partial charge in [-0.25, -0.2) is 12.8 Å². The quantitative estimate of drug-likeness (QED) is 0.780. The molecule has 0 radical (unpaired) electrons. The lowest BCUT2D eigenvalue weighted by atomic mass is 9.77. The second kappa shape index (κ2) is 7.46. The smallest absolute Gasteiger partial charge is 0.246 e. The topological polar surface area (TPSA) is 81.8 Å². The van der Waals surface area contributed by atoms with Crippen LogP contribution in [0.15, 0.2) is 29.2 Å². The van der Waals surface area contributed by atoms with Crippen LogP contribution in [0.5, 0.6) is 0 Å². The third-order valence-electron chi connectivity index (χ3n) is 5.99. The number of carbonyl (C=O) groups excluding carboxylic acids is 1. The Balaban J connectivity index is 1.41. The summed E-state index contributed by atoms with van der Waals surface area (Å²) in [4.78, 5) is 14.5. The van der Waals surface area contributed by atoms with Crippen LogP contribution >= 0.6 is 0 Å². The van der Waals surface area contributed by atoms with E-state index in [-0.39, 0.29) is 35.9 Å². The van der Waals surface area contributed by atoms with E-state index in [0.717, 1.165) is 31.9 Å². The molecule has 148 valence electrons. The van der Waals surface area contributed by atoms with Crippen molar-refractivity contribution in [2.45, 2.75) is 30.2 Å². The fourth-order valence-corrected chi connectivity index (χ4v) is 5.98. The number of hydrogen-bond donors (Lipinski definition) is 2. The molecule has 3 atom stereocenters. The summed E-state index contributed by atoms with van der Waals surface area (Å²) < 4.78 is 40.6. The summed E-state index contributed by atoms with van der Waals surface area (Å²) in [6.07, 6.45) is 3.04. The molecule has 0 aromatic heterocycles. The lowest BCUT2D eigenvalue weighted by molar-refractivity contribution is -0.139. The van der Waals surface area contributed by atoms with Gasteiger partial charge in [0.15, 0.2) is 0 Å². The number of rotatable bonds is 3. The highest BCUT2D eigenvalue weighted by molar-refractivity contribution is 7.89. The van der Waals surface area contributed by atoms with Gasteiger partial charge in [0.2, 0.25) is 15.9 Å². The van der Waals surface area contributed by atoms with Gasteiger partial charge in [0.25, 0.3) is 0 Å². The Labute approximate surface area is 158 Å². The van der Waals surface area contributed by atoms with E-state index in [9.17, 15) is 17.6 Å². The SMILES string of the molecule is O=C(C1CCCC2CNNC21)N1CCN(S(=O)(=O)c2ccccc2F)CC1. The summed E-state index contributed by atoms with van der Waals surface area (Å²) in [6.45, 7) is 1.95. The van der Waals surface area contributed by atoms with Crippen molar-refractivity contribution >= 4 is 15.9 Å². The Morgan fingerprint density at radius 2 is 1.85 bits per heavy atom. The normalized spacial score (nSPS) is 29.5. The number of amides is 1. The van der Waals surface area contributed by atoms with Crippen molar-refractivity contribution in [2.75, 3.05) is 32.7 Å². The summed E-state index contributed by atoms with van der Waals surface area (Å²) in [7, 11) is -3.88. The number of piperazine rings is 1. The van der Waals surface area contributed by atoms with Crippen molar-refractivity contribution in [1.29, 1.82) is 0 Å². The van der Waals surface area contributed by atoms with Crippen LogP contribution in [0.3, 0.4) is 0 Å². The third kappa shape index (κ3) is 3.49. The van der Waals surface area contributed by atoms with Crippen LogP contribution in [0, 0.1) is 17.7 Å².